The van der Waals surface area contributed by atoms with Gasteiger partial charge in [0.25, 0.3) is 0 Å². The Bertz CT molecular complexity index is 659. The van der Waals surface area contributed by atoms with E-state index in [0.29, 0.717) is 17.4 Å². The highest BCUT2D eigenvalue weighted by atomic mass is 16.4. The molecule has 0 heterocycles. The number of aldehydes is 1. The van der Waals surface area contributed by atoms with Crippen molar-refractivity contribution in [3.8, 4) is 0 Å². The van der Waals surface area contributed by atoms with E-state index in [2.05, 4.69) is 0 Å². The lowest BCUT2D eigenvalue weighted by atomic mass is 9.95. The lowest BCUT2D eigenvalue weighted by Gasteiger charge is -2.07. The fourth-order valence-electron chi connectivity index (χ4n) is 1.93. The van der Waals surface area contributed by atoms with Gasteiger partial charge in [0, 0.05) is 17.5 Å². The summed E-state index contributed by atoms with van der Waals surface area (Å²) in [5, 5.41) is 9.16. The molecule has 100 valence electrons. The third-order valence-corrected chi connectivity index (χ3v) is 2.91. The Morgan fingerprint density at radius 3 is 2.30 bits per heavy atom. The summed E-state index contributed by atoms with van der Waals surface area (Å²) in [7, 11) is 0. The van der Waals surface area contributed by atoms with Crippen molar-refractivity contribution in [1.82, 2.24) is 0 Å². The molecule has 0 aliphatic carbocycles. The molecule has 2 rings (SSSR count). The standard InChI is InChI=1S/C16H12O4/c17-9-8-11-6-7-13(16(19)20)14(10-11)15(18)12-4-2-1-3-5-12/h1-7,9-10H,8H2,(H,19,20). The molecule has 0 aromatic heterocycles. The molecular weight excluding hydrogens is 256 g/mol. The molecule has 1 N–H and O–H groups in total. The maximum absolute atomic E-state index is 12.4. The number of carboxylic acids is 1. The molecule has 0 unspecified atom stereocenters. The highest BCUT2D eigenvalue weighted by Crippen LogP contribution is 2.17. The summed E-state index contributed by atoms with van der Waals surface area (Å²) in [6.07, 6.45) is 0.863. The fraction of sp³-hybridized carbons (Fsp3) is 0.0625. The van der Waals surface area contributed by atoms with E-state index in [9.17, 15) is 14.4 Å². The first-order valence-corrected chi connectivity index (χ1v) is 6.03. The monoisotopic (exact) mass is 268 g/mol. The van der Waals surface area contributed by atoms with Crippen molar-refractivity contribution in [2.75, 3.05) is 0 Å². The van der Waals surface area contributed by atoms with Crippen molar-refractivity contribution in [2.24, 2.45) is 0 Å². The Balaban J connectivity index is 2.52. The molecule has 0 bridgehead atoms. The Kier molecular flexibility index (Phi) is 4.05. The molecule has 0 spiro atoms. The van der Waals surface area contributed by atoms with Crippen molar-refractivity contribution in [3.63, 3.8) is 0 Å². The van der Waals surface area contributed by atoms with Crippen LogP contribution in [0.5, 0.6) is 0 Å². The van der Waals surface area contributed by atoms with E-state index in [1.807, 2.05) is 0 Å². The topological polar surface area (TPSA) is 71.4 Å². The molecule has 20 heavy (non-hydrogen) atoms. The van der Waals surface area contributed by atoms with Gasteiger partial charge in [0.15, 0.2) is 5.78 Å². The Labute approximate surface area is 115 Å². The smallest absolute Gasteiger partial charge is 0.336 e. The van der Waals surface area contributed by atoms with Gasteiger partial charge < -0.3 is 9.90 Å². The van der Waals surface area contributed by atoms with E-state index in [4.69, 9.17) is 5.11 Å². The van der Waals surface area contributed by atoms with Crippen LogP contribution in [0.3, 0.4) is 0 Å². The molecule has 0 aliphatic heterocycles. The average molecular weight is 268 g/mol. The largest absolute Gasteiger partial charge is 0.478 e. The van der Waals surface area contributed by atoms with Crippen LogP contribution < -0.4 is 0 Å². The predicted molar refractivity (Wildman–Crippen MR) is 73.0 cm³/mol. The van der Waals surface area contributed by atoms with E-state index in [-0.39, 0.29) is 23.3 Å². The van der Waals surface area contributed by atoms with Gasteiger partial charge in [0.05, 0.1) is 5.56 Å². The van der Waals surface area contributed by atoms with E-state index >= 15 is 0 Å². The molecule has 0 fully saturated rings. The SMILES string of the molecule is O=CCc1ccc(C(=O)O)c(C(=O)c2ccccc2)c1. The number of aromatic carboxylic acids is 1. The van der Waals surface area contributed by atoms with Crippen LogP contribution in [0.1, 0.15) is 31.8 Å². The van der Waals surface area contributed by atoms with Crippen LogP contribution >= 0.6 is 0 Å². The zero-order valence-corrected chi connectivity index (χ0v) is 10.6. The summed E-state index contributed by atoms with van der Waals surface area (Å²) in [4.78, 5) is 34.1. The highest BCUT2D eigenvalue weighted by molar-refractivity contribution is 6.14. The second kappa shape index (κ2) is 5.93. The van der Waals surface area contributed by atoms with Crippen LogP contribution in [0.2, 0.25) is 0 Å². The minimum atomic E-state index is -1.16. The van der Waals surface area contributed by atoms with E-state index in [1.165, 1.54) is 12.1 Å². The zero-order valence-electron chi connectivity index (χ0n) is 10.6. The van der Waals surface area contributed by atoms with Gasteiger partial charge in [-0.25, -0.2) is 4.79 Å². The molecule has 0 atom stereocenters. The van der Waals surface area contributed by atoms with Gasteiger partial charge in [-0.3, -0.25) is 4.79 Å². The molecule has 0 amide bonds. The van der Waals surface area contributed by atoms with Crippen molar-refractivity contribution in [3.05, 3.63) is 70.8 Å². The Morgan fingerprint density at radius 2 is 1.70 bits per heavy atom. The third kappa shape index (κ3) is 2.80. The Morgan fingerprint density at radius 1 is 1.00 bits per heavy atom. The van der Waals surface area contributed by atoms with Crippen LogP contribution in [-0.2, 0) is 11.2 Å². The van der Waals surface area contributed by atoms with Crippen LogP contribution in [0, 0.1) is 0 Å². The maximum Gasteiger partial charge on any atom is 0.336 e. The van der Waals surface area contributed by atoms with Crippen LogP contribution in [0.15, 0.2) is 48.5 Å². The van der Waals surface area contributed by atoms with Crippen molar-refractivity contribution in [1.29, 1.82) is 0 Å². The second-order valence-electron chi connectivity index (χ2n) is 4.25. The predicted octanol–water partition coefficient (Wildman–Crippen LogP) is 2.36. The number of carboxylic acid groups (broad SMARTS) is 1. The quantitative estimate of drug-likeness (QED) is 0.667. The number of benzene rings is 2. The Hall–Kier alpha value is -2.75. The molecule has 2 aromatic rings. The number of ketones is 1. The summed E-state index contributed by atoms with van der Waals surface area (Å²) in [6.45, 7) is 0. The summed E-state index contributed by atoms with van der Waals surface area (Å²) in [5.74, 6) is -1.53. The molecule has 2 aromatic carbocycles. The fourth-order valence-corrected chi connectivity index (χ4v) is 1.93. The van der Waals surface area contributed by atoms with Crippen molar-refractivity contribution < 1.29 is 19.5 Å². The van der Waals surface area contributed by atoms with E-state index < -0.39 is 5.97 Å². The first-order valence-electron chi connectivity index (χ1n) is 6.03. The number of hydrogen-bond donors (Lipinski definition) is 1. The second-order valence-corrected chi connectivity index (χ2v) is 4.25. The van der Waals surface area contributed by atoms with Gasteiger partial charge in [-0.05, 0) is 17.7 Å². The van der Waals surface area contributed by atoms with E-state index in [0.717, 1.165) is 0 Å². The maximum atomic E-state index is 12.4. The normalized spacial score (nSPS) is 10.0. The molecule has 0 saturated heterocycles. The van der Waals surface area contributed by atoms with E-state index in [1.54, 1.807) is 36.4 Å². The first-order chi connectivity index (χ1) is 9.63. The van der Waals surface area contributed by atoms with Gasteiger partial charge in [-0.1, -0.05) is 36.4 Å². The summed E-state index contributed by atoms with van der Waals surface area (Å²) in [6, 6.07) is 12.8. The number of carbonyl (C=O) groups is 3. The summed E-state index contributed by atoms with van der Waals surface area (Å²) < 4.78 is 0. The van der Waals surface area contributed by atoms with Crippen LogP contribution in [0.4, 0.5) is 0 Å². The molecule has 0 saturated carbocycles. The van der Waals surface area contributed by atoms with Gasteiger partial charge in [0.1, 0.15) is 6.29 Å². The average Bonchev–Trinajstić information content (AvgIpc) is 2.47. The van der Waals surface area contributed by atoms with Crippen LogP contribution in [0.25, 0.3) is 0 Å². The van der Waals surface area contributed by atoms with Gasteiger partial charge in [-0.2, -0.15) is 0 Å². The third-order valence-electron chi connectivity index (χ3n) is 2.91. The molecular formula is C16H12O4. The van der Waals surface area contributed by atoms with Crippen molar-refractivity contribution >= 4 is 18.0 Å². The lowest BCUT2D eigenvalue weighted by Crippen LogP contribution is -2.10. The van der Waals surface area contributed by atoms with Gasteiger partial charge in [0.2, 0.25) is 0 Å². The highest BCUT2D eigenvalue weighted by Gasteiger charge is 2.18. The zero-order chi connectivity index (χ0) is 14.5. The van der Waals surface area contributed by atoms with Gasteiger partial charge in [-0.15, -0.1) is 0 Å². The number of carbonyl (C=O) groups excluding carboxylic acids is 2. The molecule has 0 aliphatic rings. The molecule has 4 nitrogen and oxygen atoms in total. The minimum absolute atomic E-state index is 0.0616. The molecule has 4 heteroatoms. The van der Waals surface area contributed by atoms with Crippen molar-refractivity contribution in [2.45, 2.75) is 6.42 Å². The summed E-state index contributed by atoms with van der Waals surface area (Å²) in [5.41, 5.74) is 1.07. The lowest BCUT2D eigenvalue weighted by molar-refractivity contribution is -0.107. The minimum Gasteiger partial charge on any atom is -0.478 e. The van der Waals surface area contributed by atoms with Crippen LogP contribution in [-0.4, -0.2) is 23.1 Å². The molecule has 0 radical (unpaired) electrons. The van der Waals surface area contributed by atoms with Gasteiger partial charge >= 0.3 is 5.97 Å². The number of hydrogen-bond acceptors (Lipinski definition) is 3. The summed E-state index contributed by atoms with van der Waals surface area (Å²) >= 11 is 0. The first kappa shape index (κ1) is 13.7. The number of rotatable bonds is 5.